The molecule has 0 spiro atoms. The van der Waals surface area contributed by atoms with Gasteiger partial charge in [0.25, 0.3) is 0 Å². The highest BCUT2D eigenvalue weighted by Gasteiger charge is 2.16. The molecule has 4 rings (SSSR count). The molecular weight excluding hydrogens is 278 g/mol. The van der Waals surface area contributed by atoms with Gasteiger partial charge in [0.05, 0.1) is 23.6 Å². The first-order chi connectivity index (χ1) is 10.6. The maximum atomic E-state index is 4.62. The molecule has 0 aliphatic carbocycles. The highest BCUT2D eigenvalue weighted by molar-refractivity contribution is 5.73. The number of rotatable bonds is 2. The Hall–Kier alpha value is -2.96. The maximum absolute atomic E-state index is 4.62. The Morgan fingerprint density at radius 1 is 1.09 bits per heavy atom. The molecule has 0 atom stereocenters. The van der Waals surface area contributed by atoms with Gasteiger partial charge >= 0.3 is 0 Å². The third-order valence-corrected chi connectivity index (χ3v) is 3.63. The minimum Gasteiger partial charge on any atom is -0.296 e. The second-order valence-corrected chi connectivity index (χ2v) is 5.33. The molecule has 7 nitrogen and oxygen atoms in total. The number of aromatic nitrogens is 7. The zero-order chi connectivity index (χ0) is 15.3. The minimum absolute atomic E-state index is 0.806. The summed E-state index contributed by atoms with van der Waals surface area (Å²) in [5, 5.41) is 8.65. The predicted octanol–water partition coefficient (Wildman–Crippen LogP) is 1.93. The average molecular weight is 293 g/mol. The van der Waals surface area contributed by atoms with Gasteiger partial charge in [-0.1, -0.05) is 0 Å². The second-order valence-electron chi connectivity index (χ2n) is 5.33. The number of hydrogen-bond donors (Lipinski definition) is 0. The van der Waals surface area contributed by atoms with E-state index in [2.05, 4.69) is 20.2 Å². The van der Waals surface area contributed by atoms with Crippen molar-refractivity contribution in [3.63, 3.8) is 0 Å². The van der Waals surface area contributed by atoms with Gasteiger partial charge in [0.15, 0.2) is 5.65 Å². The fraction of sp³-hybridized carbons (Fsp3) is 0.200. The largest absolute Gasteiger partial charge is 0.296 e. The third-order valence-electron chi connectivity index (χ3n) is 3.63. The summed E-state index contributed by atoms with van der Waals surface area (Å²) in [5.41, 5.74) is 4.69. The highest BCUT2D eigenvalue weighted by Crippen LogP contribution is 2.25. The topological polar surface area (TPSA) is 65.8 Å². The SMILES string of the molecule is Cc1cc(C)n2ncc(-c3nccn3-c3cnn(C)c3)c2n1. The van der Waals surface area contributed by atoms with Crippen molar-refractivity contribution in [2.24, 2.45) is 7.05 Å². The van der Waals surface area contributed by atoms with Crippen molar-refractivity contribution in [1.29, 1.82) is 0 Å². The van der Waals surface area contributed by atoms with Crippen LogP contribution < -0.4 is 0 Å². The Balaban J connectivity index is 1.96. The van der Waals surface area contributed by atoms with Crippen LogP contribution in [-0.4, -0.2) is 33.9 Å². The Kier molecular flexibility index (Phi) is 2.62. The molecule has 0 aliphatic rings. The van der Waals surface area contributed by atoms with Crippen LogP contribution in [0.3, 0.4) is 0 Å². The summed E-state index contributed by atoms with van der Waals surface area (Å²) in [4.78, 5) is 9.11. The molecule has 110 valence electrons. The molecule has 0 unspecified atom stereocenters. The van der Waals surface area contributed by atoms with E-state index < -0.39 is 0 Å². The van der Waals surface area contributed by atoms with Crippen LogP contribution in [0.5, 0.6) is 0 Å². The first kappa shape index (κ1) is 12.8. The number of nitrogens with zero attached hydrogens (tertiary/aromatic N) is 7. The lowest BCUT2D eigenvalue weighted by molar-refractivity contribution is 0.767. The fourth-order valence-electron chi connectivity index (χ4n) is 2.67. The van der Waals surface area contributed by atoms with Crippen LogP contribution in [0.1, 0.15) is 11.4 Å². The summed E-state index contributed by atoms with van der Waals surface area (Å²) in [6.45, 7) is 4.00. The van der Waals surface area contributed by atoms with Gasteiger partial charge in [-0.25, -0.2) is 14.5 Å². The lowest BCUT2D eigenvalue weighted by Crippen LogP contribution is -1.99. The van der Waals surface area contributed by atoms with Gasteiger partial charge in [0, 0.05) is 37.0 Å². The van der Waals surface area contributed by atoms with E-state index in [4.69, 9.17) is 0 Å². The molecule has 4 heterocycles. The van der Waals surface area contributed by atoms with Crippen LogP contribution >= 0.6 is 0 Å². The Bertz CT molecular complexity index is 973. The molecule has 0 radical (unpaired) electrons. The van der Waals surface area contributed by atoms with Gasteiger partial charge in [-0.15, -0.1) is 0 Å². The van der Waals surface area contributed by atoms with E-state index in [1.54, 1.807) is 17.1 Å². The number of hydrogen-bond acceptors (Lipinski definition) is 4. The van der Waals surface area contributed by atoms with E-state index in [1.807, 2.05) is 54.6 Å². The molecule has 0 amide bonds. The van der Waals surface area contributed by atoms with Crippen molar-refractivity contribution in [3.05, 3.63) is 48.4 Å². The summed E-state index contributed by atoms with van der Waals surface area (Å²) >= 11 is 0. The van der Waals surface area contributed by atoms with Gasteiger partial charge in [-0.2, -0.15) is 10.2 Å². The molecule has 0 saturated carbocycles. The van der Waals surface area contributed by atoms with Gasteiger partial charge in [-0.3, -0.25) is 9.25 Å². The summed E-state index contributed by atoms with van der Waals surface area (Å²) in [5.74, 6) is 0.806. The minimum atomic E-state index is 0.806. The molecule has 0 N–H and O–H groups in total. The van der Waals surface area contributed by atoms with Crippen LogP contribution in [0, 0.1) is 13.8 Å². The third kappa shape index (κ3) is 1.82. The molecule has 0 aromatic carbocycles. The Labute approximate surface area is 126 Å². The molecule has 22 heavy (non-hydrogen) atoms. The molecule has 0 saturated heterocycles. The van der Waals surface area contributed by atoms with Gasteiger partial charge < -0.3 is 0 Å². The fourth-order valence-corrected chi connectivity index (χ4v) is 2.67. The summed E-state index contributed by atoms with van der Waals surface area (Å²) < 4.78 is 5.59. The molecular formula is C15H15N7. The van der Waals surface area contributed by atoms with Crippen LogP contribution in [0.2, 0.25) is 0 Å². The Morgan fingerprint density at radius 3 is 2.73 bits per heavy atom. The van der Waals surface area contributed by atoms with Crippen molar-refractivity contribution in [2.45, 2.75) is 13.8 Å². The van der Waals surface area contributed by atoms with Crippen molar-refractivity contribution >= 4 is 5.65 Å². The zero-order valence-electron chi connectivity index (χ0n) is 12.6. The normalized spacial score (nSPS) is 11.4. The Morgan fingerprint density at radius 2 is 1.95 bits per heavy atom. The van der Waals surface area contributed by atoms with Crippen molar-refractivity contribution in [1.82, 2.24) is 33.9 Å². The first-order valence-corrected chi connectivity index (χ1v) is 6.98. The van der Waals surface area contributed by atoms with Gasteiger partial charge in [0.1, 0.15) is 5.82 Å². The van der Waals surface area contributed by atoms with Crippen LogP contribution in [0.25, 0.3) is 22.7 Å². The van der Waals surface area contributed by atoms with Gasteiger partial charge in [-0.05, 0) is 19.9 Å². The van der Waals surface area contributed by atoms with Crippen molar-refractivity contribution < 1.29 is 0 Å². The quantitative estimate of drug-likeness (QED) is 0.566. The lowest BCUT2D eigenvalue weighted by atomic mass is 10.3. The van der Waals surface area contributed by atoms with E-state index in [0.717, 1.165) is 34.1 Å². The predicted molar refractivity (Wildman–Crippen MR) is 81.8 cm³/mol. The molecule has 0 bridgehead atoms. The highest BCUT2D eigenvalue weighted by atomic mass is 15.3. The van der Waals surface area contributed by atoms with E-state index in [1.165, 1.54) is 0 Å². The standard InChI is InChI=1S/C15H15N7/c1-10-6-11(2)22-15(19-10)13(8-18-22)14-16-4-5-21(14)12-7-17-20(3)9-12/h4-9H,1-3H3. The van der Waals surface area contributed by atoms with E-state index in [-0.39, 0.29) is 0 Å². The number of fused-ring (bicyclic) bond motifs is 1. The van der Waals surface area contributed by atoms with E-state index in [9.17, 15) is 0 Å². The van der Waals surface area contributed by atoms with Crippen molar-refractivity contribution in [3.8, 4) is 17.1 Å². The second kappa shape index (κ2) is 4.52. The first-order valence-electron chi connectivity index (χ1n) is 6.98. The maximum Gasteiger partial charge on any atom is 0.166 e. The van der Waals surface area contributed by atoms with Crippen LogP contribution in [0.4, 0.5) is 0 Å². The molecule has 4 aromatic rings. The van der Waals surface area contributed by atoms with E-state index in [0.29, 0.717) is 0 Å². The summed E-state index contributed by atoms with van der Waals surface area (Å²) in [6, 6.07) is 2.01. The zero-order valence-corrected chi connectivity index (χ0v) is 12.6. The summed E-state index contributed by atoms with van der Waals surface area (Å²) in [6.07, 6.45) is 9.25. The molecule has 7 heteroatoms. The van der Waals surface area contributed by atoms with Crippen LogP contribution in [0.15, 0.2) is 37.1 Å². The number of aryl methyl sites for hydroxylation is 3. The molecule has 0 fully saturated rings. The average Bonchev–Trinajstić information content (AvgIpc) is 3.15. The van der Waals surface area contributed by atoms with E-state index >= 15 is 0 Å². The molecule has 4 aromatic heterocycles. The van der Waals surface area contributed by atoms with Gasteiger partial charge in [0.2, 0.25) is 0 Å². The number of imidazole rings is 1. The van der Waals surface area contributed by atoms with Crippen molar-refractivity contribution in [2.75, 3.05) is 0 Å². The summed E-state index contributed by atoms with van der Waals surface area (Å²) in [7, 11) is 1.89. The molecule has 0 aliphatic heterocycles. The smallest absolute Gasteiger partial charge is 0.166 e. The lowest BCUT2D eigenvalue weighted by Gasteiger charge is -2.05. The van der Waals surface area contributed by atoms with Crippen LogP contribution in [-0.2, 0) is 7.05 Å². The monoisotopic (exact) mass is 293 g/mol.